The van der Waals surface area contributed by atoms with Crippen LogP contribution in [0.15, 0.2) is 18.2 Å². The van der Waals surface area contributed by atoms with Gasteiger partial charge in [-0.25, -0.2) is 0 Å². The van der Waals surface area contributed by atoms with E-state index >= 15 is 0 Å². The van der Waals surface area contributed by atoms with Gasteiger partial charge in [-0.1, -0.05) is 6.07 Å². The fraction of sp³-hybridized carbons (Fsp3) is 0.588. The third kappa shape index (κ3) is 3.63. The summed E-state index contributed by atoms with van der Waals surface area (Å²) in [6.45, 7) is 4.98. The summed E-state index contributed by atoms with van der Waals surface area (Å²) in [6, 6.07) is 6.12. The molecular weight excluding hydrogens is 262 g/mol. The molecule has 2 heterocycles. The van der Waals surface area contributed by atoms with E-state index in [4.69, 9.17) is 0 Å². The Bertz CT molecular complexity index is 515. The summed E-state index contributed by atoms with van der Waals surface area (Å²) in [5.41, 5.74) is 3.44. The van der Waals surface area contributed by atoms with Crippen LogP contribution >= 0.6 is 0 Å². The van der Waals surface area contributed by atoms with Crippen LogP contribution < -0.4 is 10.6 Å². The number of likely N-dealkylation sites (tertiary alicyclic amines) is 1. The van der Waals surface area contributed by atoms with Crippen LogP contribution in [0.25, 0.3) is 0 Å². The minimum atomic E-state index is 0.0663. The summed E-state index contributed by atoms with van der Waals surface area (Å²) < 4.78 is 0. The zero-order valence-electron chi connectivity index (χ0n) is 12.8. The van der Waals surface area contributed by atoms with Gasteiger partial charge in [0.15, 0.2) is 0 Å². The van der Waals surface area contributed by atoms with Crippen LogP contribution in [0.3, 0.4) is 0 Å². The van der Waals surface area contributed by atoms with Gasteiger partial charge in [0.05, 0.1) is 0 Å². The molecule has 1 atom stereocenters. The van der Waals surface area contributed by atoms with Gasteiger partial charge >= 0.3 is 0 Å². The van der Waals surface area contributed by atoms with Crippen LogP contribution in [0.4, 0.5) is 0 Å². The van der Waals surface area contributed by atoms with Crippen molar-refractivity contribution in [3.63, 3.8) is 0 Å². The standard InChI is InChI=1S/C17H25N3O/c1-20-8-2-3-13(12-20)10-19-17(21)15-5-4-14-6-7-18-11-16(14)9-15/h4-5,9,13,18H,2-3,6-8,10-12H2,1H3,(H,19,21). The molecular formula is C17H25N3O. The van der Waals surface area contributed by atoms with Gasteiger partial charge in [0.2, 0.25) is 0 Å². The molecule has 2 aliphatic rings. The van der Waals surface area contributed by atoms with Crippen molar-refractivity contribution in [1.29, 1.82) is 0 Å². The van der Waals surface area contributed by atoms with E-state index in [2.05, 4.69) is 28.6 Å². The first-order valence-corrected chi connectivity index (χ1v) is 8.01. The number of amides is 1. The van der Waals surface area contributed by atoms with Crippen LogP contribution in [-0.2, 0) is 13.0 Å². The zero-order chi connectivity index (χ0) is 14.7. The third-order valence-corrected chi connectivity index (χ3v) is 4.63. The molecule has 0 bridgehead atoms. The van der Waals surface area contributed by atoms with E-state index in [1.54, 1.807) is 0 Å². The Labute approximate surface area is 126 Å². The van der Waals surface area contributed by atoms with E-state index in [0.717, 1.165) is 38.2 Å². The number of hydrogen-bond donors (Lipinski definition) is 2. The molecule has 1 aromatic carbocycles. The number of nitrogens with zero attached hydrogens (tertiary/aromatic N) is 1. The number of hydrogen-bond acceptors (Lipinski definition) is 3. The van der Waals surface area contributed by atoms with Gasteiger partial charge in [-0.05, 0) is 68.6 Å². The largest absolute Gasteiger partial charge is 0.352 e. The van der Waals surface area contributed by atoms with E-state index in [-0.39, 0.29) is 5.91 Å². The van der Waals surface area contributed by atoms with Crippen molar-refractivity contribution in [3.05, 3.63) is 34.9 Å². The minimum Gasteiger partial charge on any atom is -0.352 e. The predicted octanol–water partition coefficient (Wildman–Crippen LogP) is 1.40. The number of fused-ring (bicyclic) bond motifs is 1. The molecule has 0 radical (unpaired) electrons. The van der Waals surface area contributed by atoms with Crippen LogP contribution in [0.1, 0.15) is 34.3 Å². The number of piperidine rings is 1. The Morgan fingerprint density at radius 3 is 3.19 bits per heavy atom. The topological polar surface area (TPSA) is 44.4 Å². The van der Waals surface area contributed by atoms with E-state index in [9.17, 15) is 4.79 Å². The van der Waals surface area contributed by atoms with Gasteiger partial charge < -0.3 is 15.5 Å². The summed E-state index contributed by atoms with van der Waals surface area (Å²) in [5, 5.41) is 6.47. The van der Waals surface area contributed by atoms with E-state index in [0.29, 0.717) is 5.92 Å². The maximum absolute atomic E-state index is 12.3. The smallest absolute Gasteiger partial charge is 0.251 e. The Kier molecular flexibility index (Phi) is 4.56. The number of carbonyl (C=O) groups is 1. The lowest BCUT2D eigenvalue weighted by Gasteiger charge is -2.29. The zero-order valence-corrected chi connectivity index (χ0v) is 12.8. The Hall–Kier alpha value is -1.39. The monoisotopic (exact) mass is 287 g/mol. The Balaban J connectivity index is 1.57. The molecule has 3 rings (SSSR count). The first-order chi connectivity index (χ1) is 10.2. The molecule has 21 heavy (non-hydrogen) atoms. The highest BCUT2D eigenvalue weighted by Crippen LogP contribution is 2.17. The molecule has 1 amide bonds. The summed E-state index contributed by atoms with van der Waals surface area (Å²) in [7, 11) is 2.16. The molecule has 4 nitrogen and oxygen atoms in total. The molecule has 2 aliphatic heterocycles. The van der Waals surface area contributed by atoms with Gasteiger partial charge in [-0.3, -0.25) is 4.79 Å². The molecule has 4 heteroatoms. The second-order valence-corrected chi connectivity index (χ2v) is 6.39. The minimum absolute atomic E-state index is 0.0663. The number of nitrogens with one attached hydrogen (secondary N) is 2. The van der Waals surface area contributed by atoms with Crippen molar-refractivity contribution in [2.24, 2.45) is 5.92 Å². The molecule has 0 aromatic heterocycles. The van der Waals surface area contributed by atoms with Crippen LogP contribution in [0.5, 0.6) is 0 Å². The number of rotatable bonds is 3. The summed E-state index contributed by atoms with van der Waals surface area (Å²) in [5.74, 6) is 0.656. The Morgan fingerprint density at radius 2 is 2.33 bits per heavy atom. The molecule has 1 saturated heterocycles. The van der Waals surface area contributed by atoms with Gasteiger partial charge in [0, 0.05) is 25.2 Å². The lowest BCUT2D eigenvalue weighted by Crippen LogP contribution is -2.39. The number of carbonyl (C=O) groups excluding carboxylic acids is 1. The second-order valence-electron chi connectivity index (χ2n) is 6.39. The van der Waals surface area contributed by atoms with Gasteiger partial charge in [-0.15, -0.1) is 0 Å². The van der Waals surface area contributed by atoms with Gasteiger partial charge in [-0.2, -0.15) is 0 Å². The number of benzene rings is 1. The van der Waals surface area contributed by atoms with Crippen LogP contribution in [0, 0.1) is 5.92 Å². The summed E-state index contributed by atoms with van der Waals surface area (Å²) >= 11 is 0. The van der Waals surface area contributed by atoms with Crippen molar-refractivity contribution in [3.8, 4) is 0 Å². The normalized spacial score (nSPS) is 22.6. The lowest BCUT2D eigenvalue weighted by atomic mass is 9.97. The molecule has 114 valence electrons. The molecule has 0 saturated carbocycles. The molecule has 0 spiro atoms. The Morgan fingerprint density at radius 1 is 1.43 bits per heavy atom. The van der Waals surface area contributed by atoms with Gasteiger partial charge in [0.1, 0.15) is 0 Å². The molecule has 1 aromatic rings. The van der Waals surface area contributed by atoms with Crippen molar-refractivity contribution in [1.82, 2.24) is 15.5 Å². The highest BCUT2D eigenvalue weighted by Gasteiger charge is 2.18. The first kappa shape index (κ1) is 14.5. The van der Waals surface area contributed by atoms with Crippen LogP contribution in [0.2, 0.25) is 0 Å². The third-order valence-electron chi connectivity index (χ3n) is 4.63. The molecule has 2 N–H and O–H groups in total. The van der Waals surface area contributed by atoms with E-state index in [1.807, 2.05) is 12.1 Å². The summed E-state index contributed by atoms with van der Waals surface area (Å²) in [6.07, 6.45) is 3.52. The van der Waals surface area contributed by atoms with Crippen molar-refractivity contribution < 1.29 is 4.79 Å². The summed E-state index contributed by atoms with van der Waals surface area (Å²) in [4.78, 5) is 14.7. The molecule has 0 aliphatic carbocycles. The second kappa shape index (κ2) is 6.58. The van der Waals surface area contributed by atoms with Gasteiger partial charge in [0.25, 0.3) is 5.91 Å². The van der Waals surface area contributed by atoms with Crippen molar-refractivity contribution in [2.45, 2.75) is 25.8 Å². The van der Waals surface area contributed by atoms with E-state index in [1.165, 1.54) is 30.5 Å². The first-order valence-electron chi connectivity index (χ1n) is 8.01. The maximum Gasteiger partial charge on any atom is 0.251 e. The SMILES string of the molecule is CN1CCCC(CNC(=O)c2ccc3c(c2)CNCC3)C1. The predicted molar refractivity (Wildman–Crippen MR) is 84.4 cm³/mol. The highest BCUT2D eigenvalue weighted by atomic mass is 16.1. The highest BCUT2D eigenvalue weighted by molar-refractivity contribution is 5.94. The van der Waals surface area contributed by atoms with Crippen LogP contribution in [-0.4, -0.2) is 44.0 Å². The average molecular weight is 287 g/mol. The molecule has 1 fully saturated rings. The fourth-order valence-electron chi connectivity index (χ4n) is 3.40. The molecule has 1 unspecified atom stereocenters. The quantitative estimate of drug-likeness (QED) is 0.883. The maximum atomic E-state index is 12.3. The fourth-order valence-corrected chi connectivity index (χ4v) is 3.40. The van der Waals surface area contributed by atoms with E-state index < -0.39 is 0 Å². The van der Waals surface area contributed by atoms with Crippen molar-refractivity contribution >= 4 is 5.91 Å². The van der Waals surface area contributed by atoms with Crippen molar-refractivity contribution in [2.75, 3.05) is 33.2 Å². The average Bonchev–Trinajstić information content (AvgIpc) is 2.52. The lowest BCUT2D eigenvalue weighted by molar-refractivity contribution is 0.0936.